The smallest absolute Gasteiger partial charge is 0.416 e. The van der Waals surface area contributed by atoms with E-state index >= 15 is 0 Å². The molecule has 1 aromatic carbocycles. The highest BCUT2D eigenvalue weighted by atomic mass is 35.5. The molecule has 1 aromatic rings. The van der Waals surface area contributed by atoms with E-state index in [9.17, 15) is 18.0 Å². The Labute approximate surface area is 163 Å². The summed E-state index contributed by atoms with van der Waals surface area (Å²) in [4.78, 5) is 11.7. The predicted octanol–water partition coefficient (Wildman–Crippen LogP) is 5.22. The average Bonchev–Trinajstić information content (AvgIpc) is 2.98. The van der Waals surface area contributed by atoms with Crippen LogP contribution in [0.3, 0.4) is 0 Å². The quantitative estimate of drug-likeness (QED) is 0.543. The van der Waals surface area contributed by atoms with Gasteiger partial charge in [-0.1, -0.05) is 17.7 Å². The van der Waals surface area contributed by atoms with E-state index in [1.54, 1.807) is 23.6 Å². The molecule has 3 nitrogen and oxygen atoms in total. The number of carboxylic acid groups (broad SMARTS) is 1. The molecular weight excluding hydrogens is 410 g/mol. The molecule has 0 bridgehead atoms. The van der Waals surface area contributed by atoms with Crippen molar-refractivity contribution >= 4 is 40.9 Å². The number of alkyl halides is 3. The molecule has 146 valence electrons. The van der Waals surface area contributed by atoms with Crippen LogP contribution in [0.4, 0.5) is 13.2 Å². The molecule has 0 fully saturated rings. The van der Waals surface area contributed by atoms with E-state index in [1.807, 2.05) is 0 Å². The first-order valence-corrected chi connectivity index (χ1v) is 9.43. The summed E-state index contributed by atoms with van der Waals surface area (Å²) in [6, 6.07) is 5.23. The first kappa shape index (κ1) is 22.9. The Hall–Kier alpha value is -1.15. The van der Waals surface area contributed by atoms with Crippen molar-refractivity contribution in [1.82, 2.24) is 0 Å². The van der Waals surface area contributed by atoms with E-state index in [0.717, 1.165) is 16.5 Å². The van der Waals surface area contributed by atoms with Gasteiger partial charge in [0.25, 0.3) is 0 Å². The number of hydrogen-bond acceptors (Lipinski definition) is 2. The van der Waals surface area contributed by atoms with Gasteiger partial charge in [0, 0.05) is 5.02 Å². The fraction of sp³-hybridized carbons (Fsp3) is 0.353. The summed E-state index contributed by atoms with van der Waals surface area (Å²) in [6.07, 6.45) is -1.84. The number of aryl methyl sites for hydroxylation is 1. The first-order valence-electron chi connectivity index (χ1n) is 7.57. The number of allylic oxidation sites excluding steroid dienone is 2. The number of hydrogen-bond donors (Lipinski definition) is 3. The van der Waals surface area contributed by atoms with Crippen molar-refractivity contribution in [2.75, 3.05) is 0 Å². The predicted molar refractivity (Wildman–Crippen MR) is 102 cm³/mol. The van der Waals surface area contributed by atoms with Gasteiger partial charge >= 0.3 is 12.1 Å². The van der Waals surface area contributed by atoms with Crippen LogP contribution in [0.1, 0.15) is 25.3 Å². The van der Waals surface area contributed by atoms with Crippen molar-refractivity contribution in [2.45, 2.75) is 42.8 Å². The number of carbonyl (C=O) groups is 1. The summed E-state index contributed by atoms with van der Waals surface area (Å²) in [7, 11) is -1.16. The third-order valence-electron chi connectivity index (χ3n) is 3.99. The third kappa shape index (κ3) is 5.67. The van der Waals surface area contributed by atoms with Crippen LogP contribution < -0.4 is 5.73 Å². The second-order valence-electron chi connectivity index (χ2n) is 6.16. The lowest BCUT2D eigenvalue weighted by Crippen LogP contribution is -2.44. The highest BCUT2D eigenvalue weighted by Gasteiger charge is 2.34. The Balaban J connectivity index is 0.00000338. The molecule has 2 unspecified atom stereocenters. The van der Waals surface area contributed by atoms with Crippen LogP contribution >= 0.6 is 34.9 Å². The molecule has 2 rings (SSSR count). The zero-order valence-corrected chi connectivity index (χ0v) is 16.4. The second-order valence-corrected chi connectivity index (χ2v) is 8.45. The lowest BCUT2D eigenvalue weighted by atomic mass is 9.95. The fourth-order valence-electron chi connectivity index (χ4n) is 2.38. The summed E-state index contributed by atoms with van der Waals surface area (Å²) < 4.78 is 38.1. The Kier molecular flexibility index (Phi) is 7.65. The molecular formula is C17H20Cl2F3NO2S. The minimum atomic E-state index is -4.34. The van der Waals surface area contributed by atoms with E-state index < -0.39 is 34.2 Å². The highest BCUT2D eigenvalue weighted by Crippen LogP contribution is 2.48. The van der Waals surface area contributed by atoms with E-state index in [4.69, 9.17) is 22.4 Å². The van der Waals surface area contributed by atoms with Crippen molar-refractivity contribution in [2.24, 2.45) is 5.73 Å². The summed E-state index contributed by atoms with van der Waals surface area (Å²) in [6.45, 7) is 1.46. The van der Waals surface area contributed by atoms with E-state index in [-0.39, 0.29) is 12.4 Å². The monoisotopic (exact) mass is 429 g/mol. The first-order chi connectivity index (χ1) is 11.5. The molecule has 2 atom stereocenters. The Morgan fingerprint density at radius 2 is 2.00 bits per heavy atom. The molecule has 0 aliphatic carbocycles. The maximum atomic E-state index is 12.7. The van der Waals surface area contributed by atoms with Crippen LogP contribution in [-0.4, -0.2) is 22.8 Å². The molecule has 0 radical (unpaired) electrons. The van der Waals surface area contributed by atoms with Gasteiger partial charge in [0.1, 0.15) is 5.54 Å². The van der Waals surface area contributed by atoms with Crippen LogP contribution in [-0.2, 0) is 11.2 Å². The van der Waals surface area contributed by atoms with Crippen LogP contribution in [0.25, 0.3) is 0 Å². The minimum absolute atomic E-state index is 0. The number of halogens is 5. The molecule has 3 N–H and O–H groups in total. The molecule has 9 heteroatoms. The lowest BCUT2D eigenvalue weighted by Gasteiger charge is -2.19. The van der Waals surface area contributed by atoms with Crippen molar-refractivity contribution in [3.05, 3.63) is 51.3 Å². The lowest BCUT2D eigenvalue weighted by molar-refractivity contribution is -0.142. The maximum absolute atomic E-state index is 12.7. The van der Waals surface area contributed by atoms with E-state index in [1.165, 1.54) is 12.3 Å². The van der Waals surface area contributed by atoms with Gasteiger partial charge in [0.2, 0.25) is 0 Å². The third-order valence-corrected chi connectivity index (χ3v) is 6.24. The molecule has 0 aromatic heterocycles. The number of thiol groups is 1. The average molecular weight is 430 g/mol. The van der Waals surface area contributed by atoms with E-state index in [2.05, 4.69) is 0 Å². The van der Waals surface area contributed by atoms with Gasteiger partial charge in [-0.25, -0.2) is 0 Å². The summed E-state index contributed by atoms with van der Waals surface area (Å²) >= 11 is 6.24. The highest BCUT2D eigenvalue weighted by molar-refractivity contribution is 8.22. The Morgan fingerprint density at radius 1 is 1.35 bits per heavy atom. The van der Waals surface area contributed by atoms with Crippen LogP contribution in [0.5, 0.6) is 0 Å². The molecule has 0 amide bonds. The standard InChI is InChI=1S/C17H19ClF3NO2S.ClH/c1-16(22,15(23)24)7-2-3-11-4-5-13(9-14(11)18)25-8-6-12(10-25)17(19,20)21;/h4-6,8-10,25H,2-3,7,22H2,1H3,(H,23,24);1H. The maximum Gasteiger partial charge on any atom is 0.416 e. The number of benzene rings is 1. The van der Waals surface area contributed by atoms with Crippen molar-refractivity contribution in [3.8, 4) is 0 Å². The van der Waals surface area contributed by atoms with Gasteiger partial charge in [0.15, 0.2) is 0 Å². The van der Waals surface area contributed by atoms with Crippen LogP contribution in [0, 0.1) is 0 Å². The normalized spacial score (nSPS) is 20.2. The van der Waals surface area contributed by atoms with Crippen LogP contribution in [0.2, 0.25) is 5.02 Å². The van der Waals surface area contributed by atoms with Crippen LogP contribution in [0.15, 0.2) is 45.6 Å². The van der Waals surface area contributed by atoms with Crippen molar-refractivity contribution in [3.63, 3.8) is 0 Å². The van der Waals surface area contributed by atoms with E-state index in [0.29, 0.717) is 24.3 Å². The molecule has 0 spiro atoms. The molecule has 1 aliphatic heterocycles. The second kappa shape index (κ2) is 8.69. The molecule has 1 aliphatic rings. The Morgan fingerprint density at radius 3 is 2.50 bits per heavy atom. The number of aliphatic carboxylic acids is 1. The summed E-state index contributed by atoms with van der Waals surface area (Å²) in [5.41, 5.74) is 4.59. The minimum Gasteiger partial charge on any atom is -0.480 e. The molecule has 0 saturated heterocycles. The van der Waals surface area contributed by atoms with Gasteiger partial charge < -0.3 is 10.8 Å². The topological polar surface area (TPSA) is 63.3 Å². The Bertz CT molecular complexity index is 733. The number of rotatable bonds is 6. The zero-order valence-electron chi connectivity index (χ0n) is 13.9. The largest absolute Gasteiger partial charge is 0.480 e. The molecule has 26 heavy (non-hydrogen) atoms. The van der Waals surface area contributed by atoms with Gasteiger partial charge in [0.05, 0.1) is 5.57 Å². The fourth-order valence-corrected chi connectivity index (χ4v) is 4.51. The van der Waals surface area contributed by atoms with Crippen molar-refractivity contribution in [1.29, 1.82) is 0 Å². The number of carboxylic acids is 1. The SMILES string of the molecule is CC(N)(CCCc1ccc([SH]2C=CC(C(F)(F)F)=C2)cc1Cl)C(=O)O.Cl. The molecule has 1 heterocycles. The van der Waals surface area contributed by atoms with Gasteiger partial charge in [-0.2, -0.15) is 24.1 Å². The zero-order chi connectivity index (χ0) is 18.8. The van der Waals surface area contributed by atoms with Gasteiger partial charge in [-0.15, -0.1) is 12.4 Å². The van der Waals surface area contributed by atoms with Gasteiger partial charge in [-0.3, -0.25) is 4.79 Å². The summed E-state index contributed by atoms with van der Waals surface area (Å²) in [5.74, 6) is -1.06. The van der Waals surface area contributed by atoms with Crippen molar-refractivity contribution < 1.29 is 23.1 Å². The molecule has 0 saturated carbocycles. The summed E-state index contributed by atoms with van der Waals surface area (Å²) in [5, 5.41) is 12.2. The van der Waals surface area contributed by atoms with Gasteiger partial charge in [-0.05, 0) is 65.7 Å². The number of nitrogens with two attached hydrogens (primary N) is 1.